The Balaban J connectivity index is 1.29. The number of nitrogens with one attached hydrogen (secondary N) is 3. The fourth-order valence-corrected chi connectivity index (χ4v) is 5.20. The number of aromatic nitrogens is 2. The van der Waals surface area contributed by atoms with Crippen LogP contribution >= 0.6 is 0 Å². The highest BCUT2D eigenvalue weighted by molar-refractivity contribution is 5.90. The van der Waals surface area contributed by atoms with Gasteiger partial charge in [0.05, 0.1) is 49.8 Å². The van der Waals surface area contributed by atoms with Crippen LogP contribution in [0.2, 0.25) is 0 Å². The summed E-state index contributed by atoms with van der Waals surface area (Å²) in [7, 11) is 0. The Morgan fingerprint density at radius 1 is 1.11 bits per heavy atom. The Hall–Kier alpha value is -3.24. The minimum Gasteiger partial charge on any atom is -0.377 e. The van der Waals surface area contributed by atoms with Crippen LogP contribution in [0.4, 0.5) is 16.4 Å². The molecule has 36 heavy (non-hydrogen) atoms. The fraction of sp³-hybridized carbons (Fsp3) is 0.538. The zero-order valence-electron chi connectivity index (χ0n) is 20.6. The maximum absolute atomic E-state index is 13.2. The van der Waals surface area contributed by atoms with E-state index in [-0.39, 0.29) is 24.0 Å². The van der Waals surface area contributed by atoms with Crippen LogP contribution in [0, 0.1) is 0 Å². The van der Waals surface area contributed by atoms with E-state index in [4.69, 9.17) is 14.7 Å². The molecule has 0 spiro atoms. The Kier molecular flexibility index (Phi) is 6.22. The average molecular weight is 492 g/mol. The number of fused-ring (bicyclic) bond motifs is 1. The monoisotopic (exact) mass is 491 g/mol. The highest BCUT2D eigenvalue weighted by atomic mass is 16.5. The van der Waals surface area contributed by atoms with Gasteiger partial charge in [0.2, 0.25) is 11.9 Å². The van der Waals surface area contributed by atoms with E-state index in [9.17, 15) is 9.59 Å². The molecule has 10 heteroatoms. The Bertz CT molecular complexity index is 1140. The standard InChI is InChI=1S/C26H33N7O3/c1-16-15-36-12-11-33(16)25-30-22-14-32(24(34)21-3-2-10-27-21)13-20(22)23(31-25)17-4-6-18(7-5-17)28-26(35)29-19-8-9-19/h4-7,16,19,21,27H,2-3,8-15H2,1H3,(H2,28,29,35). The molecule has 2 unspecified atom stereocenters. The molecule has 190 valence electrons. The Morgan fingerprint density at radius 3 is 2.67 bits per heavy atom. The van der Waals surface area contributed by atoms with E-state index in [1.165, 1.54) is 0 Å². The van der Waals surface area contributed by atoms with Crippen molar-refractivity contribution in [3.8, 4) is 11.3 Å². The first kappa shape index (κ1) is 23.2. The van der Waals surface area contributed by atoms with Crippen molar-refractivity contribution in [1.29, 1.82) is 0 Å². The zero-order chi connectivity index (χ0) is 24.6. The Labute approximate surface area is 210 Å². The highest BCUT2D eigenvalue weighted by Crippen LogP contribution is 2.34. The van der Waals surface area contributed by atoms with E-state index in [1.807, 2.05) is 29.2 Å². The first-order valence-corrected chi connectivity index (χ1v) is 13.0. The first-order valence-electron chi connectivity index (χ1n) is 13.0. The molecule has 6 rings (SSSR count). The number of anilines is 2. The van der Waals surface area contributed by atoms with Crippen LogP contribution in [0.15, 0.2) is 24.3 Å². The Morgan fingerprint density at radius 2 is 1.94 bits per heavy atom. The van der Waals surface area contributed by atoms with Crippen molar-refractivity contribution < 1.29 is 14.3 Å². The van der Waals surface area contributed by atoms with Gasteiger partial charge < -0.3 is 30.5 Å². The van der Waals surface area contributed by atoms with Gasteiger partial charge in [0.25, 0.3) is 0 Å². The number of hydrogen-bond donors (Lipinski definition) is 3. The lowest BCUT2D eigenvalue weighted by molar-refractivity contribution is -0.133. The third-order valence-electron chi connectivity index (χ3n) is 7.39. The molecule has 2 atom stereocenters. The molecule has 3 fully saturated rings. The number of urea groups is 1. The number of rotatable bonds is 5. The molecule has 3 amide bonds. The van der Waals surface area contributed by atoms with Crippen molar-refractivity contribution in [3.05, 3.63) is 35.5 Å². The van der Waals surface area contributed by atoms with E-state index >= 15 is 0 Å². The molecule has 0 bridgehead atoms. The van der Waals surface area contributed by atoms with Crippen molar-refractivity contribution >= 4 is 23.6 Å². The number of nitrogens with zero attached hydrogens (tertiary/aromatic N) is 4. The maximum Gasteiger partial charge on any atom is 0.319 e. The van der Waals surface area contributed by atoms with E-state index in [0.717, 1.165) is 67.0 Å². The van der Waals surface area contributed by atoms with Gasteiger partial charge in [-0.3, -0.25) is 4.79 Å². The van der Waals surface area contributed by atoms with Gasteiger partial charge in [-0.2, -0.15) is 0 Å². The lowest BCUT2D eigenvalue weighted by Crippen LogP contribution is -2.44. The predicted octanol–water partition coefficient (Wildman–Crippen LogP) is 2.25. The van der Waals surface area contributed by atoms with Crippen molar-refractivity contribution in [2.45, 2.75) is 63.8 Å². The predicted molar refractivity (Wildman–Crippen MR) is 136 cm³/mol. The molecular formula is C26H33N7O3. The second kappa shape index (κ2) is 9.67. The number of hydrogen-bond acceptors (Lipinski definition) is 7. The van der Waals surface area contributed by atoms with Crippen LogP contribution in [0.25, 0.3) is 11.3 Å². The quantitative estimate of drug-likeness (QED) is 0.588. The summed E-state index contributed by atoms with van der Waals surface area (Å²) in [4.78, 5) is 39.4. The van der Waals surface area contributed by atoms with Gasteiger partial charge >= 0.3 is 6.03 Å². The fourth-order valence-electron chi connectivity index (χ4n) is 5.20. The lowest BCUT2D eigenvalue weighted by Gasteiger charge is -2.33. The molecule has 2 saturated heterocycles. The van der Waals surface area contributed by atoms with Crippen molar-refractivity contribution in [2.24, 2.45) is 0 Å². The molecule has 10 nitrogen and oxygen atoms in total. The van der Waals surface area contributed by atoms with Crippen LogP contribution in [0.5, 0.6) is 0 Å². The van der Waals surface area contributed by atoms with Crippen LogP contribution in [-0.2, 0) is 22.6 Å². The second-order valence-electron chi connectivity index (χ2n) is 10.2. The number of amides is 3. The smallest absolute Gasteiger partial charge is 0.319 e. The molecule has 1 aromatic heterocycles. The maximum atomic E-state index is 13.2. The molecular weight excluding hydrogens is 458 g/mol. The summed E-state index contributed by atoms with van der Waals surface area (Å²) in [5.41, 5.74) is 4.42. The number of benzene rings is 1. The SMILES string of the molecule is CC1COCCN1c1nc2c(c(-c3ccc(NC(=O)NC4CC4)cc3)n1)CN(C(=O)C1CCCN1)C2. The van der Waals surface area contributed by atoms with Gasteiger partial charge in [-0.05, 0) is 51.3 Å². The molecule has 3 aliphatic heterocycles. The van der Waals surface area contributed by atoms with Crippen LogP contribution in [0.3, 0.4) is 0 Å². The first-order chi connectivity index (χ1) is 17.5. The van der Waals surface area contributed by atoms with Crippen molar-refractivity contribution in [3.63, 3.8) is 0 Å². The highest BCUT2D eigenvalue weighted by Gasteiger charge is 2.34. The molecule has 1 saturated carbocycles. The van der Waals surface area contributed by atoms with Gasteiger partial charge in [0.15, 0.2) is 0 Å². The normalized spacial score (nSPS) is 23.5. The number of carbonyl (C=O) groups excluding carboxylic acids is 2. The average Bonchev–Trinajstić information content (AvgIpc) is 3.34. The third kappa shape index (κ3) is 4.75. The van der Waals surface area contributed by atoms with E-state index < -0.39 is 0 Å². The third-order valence-corrected chi connectivity index (χ3v) is 7.39. The van der Waals surface area contributed by atoms with E-state index in [0.29, 0.717) is 38.3 Å². The molecule has 4 aliphatic rings. The van der Waals surface area contributed by atoms with E-state index in [1.54, 1.807) is 0 Å². The summed E-state index contributed by atoms with van der Waals surface area (Å²) < 4.78 is 5.62. The summed E-state index contributed by atoms with van der Waals surface area (Å²) in [6, 6.07) is 7.94. The van der Waals surface area contributed by atoms with Gasteiger partial charge in [0.1, 0.15) is 0 Å². The molecule has 2 aromatic rings. The minimum absolute atomic E-state index is 0.110. The second-order valence-corrected chi connectivity index (χ2v) is 10.2. The molecule has 4 heterocycles. The minimum atomic E-state index is -0.175. The molecule has 3 N–H and O–H groups in total. The van der Waals surface area contributed by atoms with Gasteiger partial charge in [-0.25, -0.2) is 14.8 Å². The zero-order valence-corrected chi connectivity index (χ0v) is 20.6. The van der Waals surface area contributed by atoms with Crippen LogP contribution < -0.4 is 20.9 Å². The van der Waals surface area contributed by atoms with Crippen LogP contribution in [-0.4, -0.2) is 71.2 Å². The van der Waals surface area contributed by atoms with Gasteiger partial charge in [0, 0.05) is 29.4 Å². The number of morpholine rings is 1. The summed E-state index contributed by atoms with van der Waals surface area (Å²) in [5.74, 6) is 0.817. The summed E-state index contributed by atoms with van der Waals surface area (Å²) in [6.07, 6.45) is 4.00. The molecule has 1 aliphatic carbocycles. The number of carbonyl (C=O) groups is 2. The van der Waals surface area contributed by atoms with Crippen molar-refractivity contribution in [1.82, 2.24) is 25.5 Å². The summed E-state index contributed by atoms with van der Waals surface area (Å²) in [6.45, 7) is 6.01. The van der Waals surface area contributed by atoms with Gasteiger partial charge in [-0.1, -0.05) is 12.1 Å². The van der Waals surface area contributed by atoms with Gasteiger partial charge in [-0.15, -0.1) is 0 Å². The van der Waals surface area contributed by atoms with E-state index in [2.05, 4.69) is 27.8 Å². The summed E-state index contributed by atoms with van der Waals surface area (Å²) >= 11 is 0. The van der Waals surface area contributed by atoms with Crippen LogP contribution in [0.1, 0.15) is 43.9 Å². The largest absolute Gasteiger partial charge is 0.377 e. The molecule has 0 radical (unpaired) electrons. The topological polar surface area (TPSA) is 112 Å². The lowest BCUT2D eigenvalue weighted by atomic mass is 10.1. The number of ether oxygens (including phenoxy) is 1. The molecule has 1 aromatic carbocycles. The summed E-state index contributed by atoms with van der Waals surface area (Å²) in [5, 5.41) is 9.17. The van der Waals surface area contributed by atoms with Crippen molar-refractivity contribution in [2.75, 3.05) is 36.5 Å².